The van der Waals surface area contributed by atoms with E-state index in [1.54, 1.807) is 0 Å². The van der Waals surface area contributed by atoms with Crippen LogP contribution in [0.2, 0.25) is 0 Å². The first kappa shape index (κ1) is 9.80. The minimum atomic E-state index is -4.85. The third-order valence-corrected chi connectivity index (χ3v) is 3.22. The van der Waals surface area contributed by atoms with Crippen molar-refractivity contribution in [2.75, 3.05) is 0 Å². The van der Waals surface area contributed by atoms with Gasteiger partial charge in [-0.25, -0.2) is 4.79 Å². The number of ether oxygens (including phenoxy) is 1. The van der Waals surface area contributed by atoms with Crippen LogP contribution in [0.15, 0.2) is 0 Å². The molecule has 0 spiro atoms. The van der Waals surface area contributed by atoms with Crippen molar-refractivity contribution in [3.8, 4) is 0 Å². The molecule has 2 fully saturated rings. The molecule has 0 aromatic carbocycles. The lowest BCUT2D eigenvalue weighted by atomic mass is 10.0. The summed E-state index contributed by atoms with van der Waals surface area (Å²) in [6, 6.07) is 0. The molecule has 0 aromatic heterocycles. The monoisotopic (exact) mass is 208 g/mol. The van der Waals surface area contributed by atoms with Crippen LogP contribution in [0.5, 0.6) is 0 Å². The summed E-state index contributed by atoms with van der Waals surface area (Å²) in [5.74, 6) is -1.68. The zero-order chi connectivity index (χ0) is 10.3. The predicted octanol–water partition coefficient (Wildman–Crippen LogP) is 2.28. The molecule has 0 aromatic rings. The van der Waals surface area contributed by atoms with Crippen LogP contribution in [0.1, 0.15) is 25.7 Å². The molecule has 2 rings (SSSR count). The lowest BCUT2D eigenvalue weighted by Gasteiger charge is -2.17. The van der Waals surface area contributed by atoms with Crippen LogP contribution in [0.3, 0.4) is 0 Å². The number of alkyl halides is 3. The molecule has 2 bridgehead atoms. The second-order valence-electron chi connectivity index (χ2n) is 4.04. The van der Waals surface area contributed by atoms with Gasteiger partial charge in [-0.2, -0.15) is 13.2 Å². The highest BCUT2D eigenvalue weighted by molar-refractivity contribution is 5.75. The van der Waals surface area contributed by atoms with E-state index in [4.69, 9.17) is 0 Å². The van der Waals surface area contributed by atoms with E-state index >= 15 is 0 Å². The van der Waals surface area contributed by atoms with E-state index in [2.05, 4.69) is 4.74 Å². The Kier molecular flexibility index (Phi) is 2.20. The summed E-state index contributed by atoms with van der Waals surface area (Å²) in [5, 5.41) is 0. The van der Waals surface area contributed by atoms with E-state index < -0.39 is 18.2 Å². The highest BCUT2D eigenvalue weighted by atomic mass is 19.4. The van der Waals surface area contributed by atoms with Gasteiger partial charge in [-0.15, -0.1) is 0 Å². The number of hydrogen-bond acceptors (Lipinski definition) is 2. The quantitative estimate of drug-likeness (QED) is 0.618. The van der Waals surface area contributed by atoms with Gasteiger partial charge in [0.1, 0.15) is 6.10 Å². The number of hydrogen-bond donors (Lipinski definition) is 0. The van der Waals surface area contributed by atoms with Crippen LogP contribution in [0, 0.1) is 11.8 Å². The molecular weight excluding hydrogens is 197 g/mol. The largest absolute Gasteiger partial charge is 0.490 e. The van der Waals surface area contributed by atoms with E-state index in [1.807, 2.05) is 0 Å². The van der Waals surface area contributed by atoms with Crippen LogP contribution >= 0.6 is 0 Å². The van der Waals surface area contributed by atoms with Crippen molar-refractivity contribution in [2.45, 2.75) is 38.0 Å². The van der Waals surface area contributed by atoms with E-state index in [0.717, 1.165) is 25.7 Å². The maximum atomic E-state index is 11.9. The Morgan fingerprint density at radius 1 is 1.07 bits per heavy atom. The molecule has 0 radical (unpaired) electrons. The minimum absolute atomic E-state index is 0.172. The fraction of sp³-hybridized carbons (Fsp3) is 0.889. The van der Waals surface area contributed by atoms with E-state index in [0.29, 0.717) is 0 Å². The van der Waals surface area contributed by atoms with E-state index in [-0.39, 0.29) is 11.8 Å². The number of esters is 1. The molecule has 0 saturated heterocycles. The lowest BCUT2D eigenvalue weighted by molar-refractivity contribution is -0.206. The van der Waals surface area contributed by atoms with Crippen molar-refractivity contribution in [1.82, 2.24) is 0 Å². The van der Waals surface area contributed by atoms with Crippen molar-refractivity contribution in [1.29, 1.82) is 0 Å². The topological polar surface area (TPSA) is 26.3 Å². The van der Waals surface area contributed by atoms with Gasteiger partial charge < -0.3 is 4.74 Å². The Morgan fingerprint density at radius 2 is 1.50 bits per heavy atom. The summed E-state index contributed by atoms with van der Waals surface area (Å²) in [6.07, 6.45) is -1.70. The molecule has 0 amide bonds. The maximum absolute atomic E-state index is 11.9. The van der Waals surface area contributed by atoms with Crippen molar-refractivity contribution in [3.63, 3.8) is 0 Å². The SMILES string of the molecule is O=C(OC1C2CCC1CC2)C(F)(F)F. The highest BCUT2D eigenvalue weighted by Crippen LogP contribution is 2.46. The maximum Gasteiger partial charge on any atom is 0.490 e. The molecule has 2 saturated carbocycles. The Balaban J connectivity index is 1.96. The van der Waals surface area contributed by atoms with E-state index in [9.17, 15) is 18.0 Å². The zero-order valence-corrected chi connectivity index (χ0v) is 7.51. The highest BCUT2D eigenvalue weighted by Gasteiger charge is 2.49. The normalized spacial score (nSPS) is 36.1. The number of fused-ring (bicyclic) bond motifs is 2. The summed E-state index contributed by atoms with van der Waals surface area (Å²) in [6.45, 7) is 0. The van der Waals surface area contributed by atoms with Crippen LogP contribution in [-0.4, -0.2) is 18.2 Å². The molecule has 5 heteroatoms. The molecule has 14 heavy (non-hydrogen) atoms. The van der Waals surface area contributed by atoms with Gasteiger partial charge in [0.25, 0.3) is 0 Å². The molecule has 80 valence electrons. The van der Waals surface area contributed by atoms with Gasteiger partial charge >= 0.3 is 12.1 Å². The predicted molar refractivity (Wildman–Crippen MR) is 41.4 cm³/mol. The first-order chi connectivity index (χ1) is 6.48. The van der Waals surface area contributed by atoms with Crippen molar-refractivity contribution in [2.24, 2.45) is 11.8 Å². The van der Waals surface area contributed by atoms with Crippen LogP contribution in [0.4, 0.5) is 13.2 Å². The van der Waals surface area contributed by atoms with Gasteiger partial charge in [-0.05, 0) is 37.5 Å². The summed E-state index contributed by atoms with van der Waals surface area (Å²) in [7, 11) is 0. The number of carbonyl (C=O) groups is 1. The van der Waals surface area contributed by atoms with E-state index in [1.165, 1.54) is 0 Å². The number of halogens is 3. The van der Waals surface area contributed by atoms with Crippen molar-refractivity contribution < 1.29 is 22.7 Å². The zero-order valence-electron chi connectivity index (χ0n) is 7.51. The van der Waals surface area contributed by atoms with Gasteiger partial charge in [0.05, 0.1) is 0 Å². The molecule has 0 unspecified atom stereocenters. The second-order valence-corrected chi connectivity index (χ2v) is 4.04. The standard InChI is InChI=1S/C9H11F3O2/c10-9(11,12)8(13)14-7-5-1-2-6(7)4-3-5/h5-7H,1-4H2. The Hall–Kier alpha value is -0.740. The van der Waals surface area contributed by atoms with Gasteiger partial charge in [0.15, 0.2) is 0 Å². The molecule has 2 aliphatic carbocycles. The fourth-order valence-electron chi connectivity index (χ4n) is 2.57. The van der Waals surface area contributed by atoms with Crippen molar-refractivity contribution >= 4 is 5.97 Å². The molecule has 0 N–H and O–H groups in total. The molecular formula is C9H11F3O2. The van der Waals surface area contributed by atoms with Gasteiger partial charge in [0.2, 0.25) is 0 Å². The molecule has 0 aliphatic heterocycles. The van der Waals surface area contributed by atoms with Gasteiger partial charge in [0, 0.05) is 0 Å². The molecule has 0 atom stereocenters. The average molecular weight is 208 g/mol. The molecule has 2 nitrogen and oxygen atoms in total. The third kappa shape index (κ3) is 1.60. The number of rotatable bonds is 1. The molecule has 2 aliphatic rings. The summed E-state index contributed by atoms with van der Waals surface area (Å²) in [4.78, 5) is 10.6. The second kappa shape index (κ2) is 3.14. The fourth-order valence-corrected chi connectivity index (χ4v) is 2.57. The Bertz CT molecular complexity index is 229. The summed E-state index contributed by atoms with van der Waals surface area (Å²) >= 11 is 0. The van der Waals surface area contributed by atoms with Crippen LogP contribution in [0.25, 0.3) is 0 Å². The van der Waals surface area contributed by atoms with Crippen LogP contribution in [-0.2, 0) is 9.53 Å². The first-order valence-corrected chi connectivity index (χ1v) is 4.76. The first-order valence-electron chi connectivity index (χ1n) is 4.76. The smallest absolute Gasteiger partial charge is 0.455 e. The van der Waals surface area contributed by atoms with Crippen molar-refractivity contribution in [3.05, 3.63) is 0 Å². The Labute approximate surface area is 79.4 Å². The number of carbonyl (C=O) groups excluding carboxylic acids is 1. The van der Waals surface area contributed by atoms with Gasteiger partial charge in [-0.1, -0.05) is 0 Å². The Morgan fingerprint density at radius 3 is 1.86 bits per heavy atom. The molecule has 0 heterocycles. The summed E-state index contributed by atoms with van der Waals surface area (Å²) in [5.41, 5.74) is 0. The minimum Gasteiger partial charge on any atom is -0.455 e. The lowest BCUT2D eigenvalue weighted by Crippen LogP contribution is -2.32. The van der Waals surface area contributed by atoms with Gasteiger partial charge in [-0.3, -0.25) is 0 Å². The summed E-state index contributed by atoms with van der Waals surface area (Å²) < 4.78 is 40.2. The third-order valence-electron chi connectivity index (χ3n) is 3.22. The average Bonchev–Trinajstić information content (AvgIpc) is 2.63. The van der Waals surface area contributed by atoms with Crippen LogP contribution < -0.4 is 0 Å².